The average Bonchev–Trinajstić information content (AvgIpc) is 3.39. The van der Waals surface area contributed by atoms with E-state index in [4.69, 9.17) is 4.98 Å². The first kappa shape index (κ1) is 28.3. The number of hydrogen-bond acceptors (Lipinski definition) is 6. The number of aromatic nitrogens is 2. The molecule has 2 atom stereocenters. The van der Waals surface area contributed by atoms with E-state index in [1.807, 2.05) is 50.2 Å². The molecular formula is C31H32N4O2S2. The van der Waals surface area contributed by atoms with Crippen molar-refractivity contribution >= 4 is 45.1 Å². The average molecular weight is 557 g/mol. The van der Waals surface area contributed by atoms with Crippen molar-refractivity contribution in [2.75, 3.05) is 5.32 Å². The Kier molecular flexibility index (Phi) is 9.70. The van der Waals surface area contributed by atoms with Crippen molar-refractivity contribution in [2.24, 2.45) is 5.92 Å². The van der Waals surface area contributed by atoms with Crippen LogP contribution in [-0.2, 0) is 0 Å². The van der Waals surface area contributed by atoms with Gasteiger partial charge < -0.3 is 10.3 Å². The number of carbonyl (C=O) groups is 1. The number of H-pyrrole nitrogens is 1. The van der Waals surface area contributed by atoms with Crippen LogP contribution in [0.4, 0.5) is 5.69 Å². The summed E-state index contributed by atoms with van der Waals surface area (Å²) >= 11 is 3.18. The Labute approximate surface area is 237 Å². The standard InChI is InChI=1S/C29H26N4O2S2.C2H6/c1-18-10-11-20(14-19(18)2)15-25(29-32-24-8-3-4-9-27(24)36-29)33-37-22-7-5-6-21(16-22)31-28(35)23-17-30-13-12-26(23)34;1-2/h3-14,16-18,25,33H,2,15H2,1H3,(H,30,34)(H,31,35);1-2H3. The molecule has 0 fully saturated rings. The monoisotopic (exact) mass is 556 g/mol. The van der Waals surface area contributed by atoms with Gasteiger partial charge in [0.1, 0.15) is 10.6 Å². The van der Waals surface area contributed by atoms with Gasteiger partial charge in [0.15, 0.2) is 5.43 Å². The fourth-order valence-electron chi connectivity index (χ4n) is 3.96. The van der Waals surface area contributed by atoms with Crippen molar-refractivity contribution in [3.05, 3.63) is 124 Å². The zero-order chi connectivity index (χ0) is 27.8. The quantitative estimate of drug-likeness (QED) is 0.194. The largest absolute Gasteiger partial charge is 0.367 e. The fraction of sp³-hybridized carbons (Fsp3) is 0.194. The first-order valence-electron chi connectivity index (χ1n) is 12.9. The van der Waals surface area contributed by atoms with Crippen LogP contribution in [-0.4, -0.2) is 15.9 Å². The van der Waals surface area contributed by atoms with Crippen molar-refractivity contribution < 1.29 is 4.79 Å². The molecule has 2 unspecified atom stereocenters. The number of hydrogen-bond donors (Lipinski definition) is 3. The van der Waals surface area contributed by atoms with E-state index in [1.54, 1.807) is 17.4 Å². The SMILES string of the molecule is C=C1C=C(CC(NSc2cccc(NC(=O)c3c[nH]ccc3=O)c2)c2nc3ccccc3s2)C=CC1C.CC. The fourth-order valence-corrected chi connectivity index (χ4v) is 5.86. The van der Waals surface area contributed by atoms with Crippen molar-refractivity contribution in [1.82, 2.24) is 14.7 Å². The molecule has 0 spiro atoms. The van der Waals surface area contributed by atoms with Crippen LogP contribution in [0.2, 0.25) is 0 Å². The molecule has 0 saturated heterocycles. The lowest BCUT2D eigenvalue weighted by Gasteiger charge is -2.20. The second-order valence-corrected chi connectivity index (χ2v) is 10.8. The van der Waals surface area contributed by atoms with Gasteiger partial charge in [-0.3, -0.25) is 9.59 Å². The van der Waals surface area contributed by atoms with E-state index in [0.717, 1.165) is 32.1 Å². The van der Waals surface area contributed by atoms with E-state index in [9.17, 15) is 9.59 Å². The number of anilines is 1. The van der Waals surface area contributed by atoms with Crippen LogP contribution >= 0.6 is 23.3 Å². The summed E-state index contributed by atoms with van der Waals surface area (Å²) < 4.78 is 4.75. The van der Waals surface area contributed by atoms with E-state index in [0.29, 0.717) is 11.6 Å². The number of fused-ring (bicyclic) bond motifs is 1. The summed E-state index contributed by atoms with van der Waals surface area (Å²) in [5, 5.41) is 3.83. The number of benzene rings is 2. The minimum Gasteiger partial charge on any atom is -0.367 e. The normalized spacial score (nSPS) is 15.3. The summed E-state index contributed by atoms with van der Waals surface area (Å²) in [7, 11) is 0. The van der Waals surface area contributed by atoms with E-state index >= 15 is 0 Å². The summed E-state index contributed by atoms with van der Waals surface area (Å²) in [6, 6.07) is 17.0. The molecule has 1 aliphatic carbocycles. The number of para-hydroxylation sites is 1. The number of allylic oxidation sites excluding steroid dienone is 4. The lowest BCUT2D eigenvalue weighted by molar-refractivity contribution is 0.102. The topological polar surface area (TPSA) is 86.9 Å². The minimum atomic E-state index is -0.449. The summed E-state index contributed by atoms with van der Waals surface area (Å²) in [6.07, 6.45) is 10.2. The molecule has 8 heteroatoms. The summed E-state index contributed by atoms with van der Waals surface area (Å²) in [6.45, 7) is 10.3. The molecule has 200 valence electrons. The van der Waals surface area contributed by atoms with E-state index in [-0.39, 0.29) is 17.0 Å². The van der Waals surface area contributed by atoms with Gasteiger partial charge in [-0.05, 0) is 65.8 Å². The van der Waals surface area contributed by atoms with E-state index < -0.39 is 5.91 Å². The van der Waals surface area contributed by atoms with Crippen LogP contribution in [0.25, 0.3) is 10.2 Å². The van der Waals surface area contributed by atoms with Crippen LogP contribution in [0.3, 0.4) is 0 Å². The van der Waals surface area contributed by atoms with Crippen LogP contribution in [0.1, 0.15) is 48.6 Å². The Morgan fingerprint density at radius 1 is 1.18 bits per heavy atom. The van der Waals surface area contributed by atoms with Crippen LogP contribution in [0.5, 0.6) is 0 Å². The third kappa shape index (κ3) is 7.23. The first-order valence-corrected chi connectivity index (χ1v) is 14.5. The van der Waals surface area contributed by atoms with E-state index in [1.165, 1.54) is 36.0 Å². The molecule has 39 heavy (non-hydrogen) atoms. The van der Waals surface area contributed by atoms with Gasteiger partial charge in [-0.1, -0.05) is 63.8 Å². The van der Waals surface area contributed by atoms with Crippen LogP contribution in [0, 0.1) is 5.92 Å². The smallest absolute Gasteiger partial charge is 0.261 e. The molecule has 1 aliphatic rings. The van der Waals surface area contributed by atoms with Gasteiger partial charge in [0.25, 0.3) is 5.91 Å². The molecule has 5 rings (SSSR count). The Balaban J connectivity index is 0.00000172. The molecule has 0 bridgehead atoms. The number of rotatable bonds is 8. The highest BCUT2D eigenvalue weighted by atomic mass is 32.2. The Bertz CT molecular complexity index is 1550. The minimum absolute atomic E-state index is 0.0272. The molecule has 4 aromatic rings. The zero-order valence-corrected chi connectivity index (χ0v) is 23.9. The number of nitrogens with zero attached hydrogens (tertiary/aromatic N) is 1. The van der Waals surface area contributed by atoms with Crippen LogP contribution < -0.4 is 15.5 Å². The maximum Gasteiger partial charge on any atom is 0.261 e. The molecule has 0 aliphatic heterocycles. The number of pyridine rings is 1. The van der Waals surface area contributed by atoms with Gasteiger partial charge in [-0.25, -0.2) is 9.71 Å². The maximum atomic E-state index is 12.6. The summed E-state index contributed by atoms with van der Waals surface area (Å²) in [5.74, 6) is -0.105. The molecular weight excluding hydrogens is 525 g/mol. The molecule has 6 nitrogen and oxygen atoms in total. The van der Waals surface area contributed by atoms with E-state index in [2.05, 4.69) is 52.8 Å². The molecule has 0 radical (unpaired) electrons. The first-order chi connectivity index (χ1) is 19.0. The second kappa shape index (κ2) is 13.4. The van der Waals surface area contributed by atoms with Gasteiger partial charge >= 0.3 is 0 Å². The highest BCUT2D eigenvalue weighted by Crippen LogP contribution is 2.34. The Morgan fingerprint density at radius 2 is 2.00 bits per heavy atom. The number of amides is 1. The summed E-state index contributed by atoms with van der Waals surface area (Å²) in [4.78, 5) is 33.2. The Hall–Kier alpha value is -3.72. The third-order valence-electron chi connectivity index (χ3n) is 6.08. The van der Waals surface area contributed by atoms with Crippen molar-refractivity contribution in [3.8, 4) is 0 Å². The molecule has 2 aromatic heterocycles. The summed E-state index contributed by atoms with van der Waals surface area (Å²) in [5.41, 5.74) is 3.65. The maximum absolute atomic E-state index is 12.6. The molecule has 0 saturated carbocycles. The van der Waals surface area contributed by atoms with Gasteiger partial charge in [0.2, 0.25) is 0 Å². The van der Waals surface area contributed by atoms with Gasteiger partial charge in [-0.2, -0.15) is 0 Å². The van der Waals surface area contributed by atoms with Crippen molar-refractivity contribution in [2.45, 2.75) is 38.1 Å². The predicted molar refractivity (Wildman–Crippen MR) is 164 cm³/mol. The Morgan fingerprint density at radius 3 is 2.77 bits per heavy atom. The van der Waals surface area contributed by atoms with Crippen molar-refractivity contribution in [3.63, 3.8) is 0 Å². The highest BCUT2D eigenvalue weighted by Gasteiger charge is 2.20. The van der Waals surface area contributed by atoms with Crippen LogP contribution in [0.15, 0.2) is 113 Å². The van der Waals surface area contributed by atoms with Gasteiger partial charge in [0.05, 0.1) is 16.3 Å². The molecule has 1 amide bonds. The second-order valence-electron chi connectivity index (χ2n) is 8.84. The lowest BCUT2D eigenvalue weighted by Crippen LogP contribution is -2.20. The van der Waals surface area contributed by atoms with Gasteiger partial charge in [-0.15, -0.1) is 11.3 Å². The lowest BCUT2D eigenvalue weighted by atomic mass is 9.91. The molecule has 2 heterocycles. The predicted octanol–water partition coefficient (Wildman–Crippen LogP) is 7.68. The number of aromatic amines is 1. The molecule has 2 aromatic carbocycles. The zero-order valence-electron chi connectivity index (χ0n) is 22.2. The molecule has 3 N–H and O–H groups in total. The van der Waals surface area contributed by atoms with Gasteiger partial charge in [0, 0.05) is 29.0 Å². The highest BCUT2D eigenvalue weighted by molar-refractivity contribution is 7.97. The number of thiazole rings is 1. The number of carbonyl (C=O) groups excluding carboxylic acids is 1. The number of nitrogens with one attached hydrogen (secondary N) is 3. The van der Waals surface area contributed by atoms with Crippen molar-refractivity contribution in [1.29, 1.82) is 0 Å². The third-order valence-corrected chi connectivity index (χ3v) is 8.12.